The average molecular weight is 331 g/mol. The molecule has 1 aromatic rings. The molecule has 2 aliphatic rings. The smallest absolute Gasteiger partial charge is 0.317 e. The van der Waals surface area contributed by atoms with Crippen molar-refractivity contribution in [1.82, 2.24) is 24.7 Å². The second kappa shape index (κ2) is 7.83. The van der Waals surface area contributed by atoms with Crippen LogP contribution in [0.25, 0.3) is 0 Å². The standard InChI is InChI=1S/C18H29N5O/c1-3-22-12-13-23(14-16(22)17-19-10-11-21(17)2)18(24)20-9-8-15-6-4-5-7-15/h6,10-11,16H,3-5,7-9,12-14H2,1-2H3,(H,20,24)/t16-/m0/s1. The molecule has 2 heterocycles. The zero-order valence-electron chi connectivity index (χ0n) is 14.9. The van der Waals surface area contributed by atoms with Crippen LogP contribution in [0, 0.1) is 0 Å². The molecule has 0 unspecified atom stereocenters. The Morgan fingerprint density at radius 1 is 1.42 bits per heavy atom. The molecule has 1 atom stereocenters. The predicted octanol–water partition coefficient (Wildman–Crippen LogP) is 2.31. The van der Waals surface area contributed by atoms with Crippen molar-refractivity contribution in [2.75, 3.05) is 32.7 Å². The molecule has 6 heteroatoms. The monoisotopic (exact) mass is 331 g/mol. The Labute approximate surface area is 144 Å². The molecule has 0 radical (unpaired) electrons. The van der Waals surface area contributed by atoms with E-state index in [1.807, 2.05) is 24.3 Å². The number of carbonyl (C=O) groups excluding carboxylic acids is 1. The molecule has 132 valence electrons. The van der Waals surface area contributed by atoms with E-state index >= 15 is 0 Å². The first-order chi connectivity index (χ1) is 11.7. The number of amides is 2. The van der Waals surface area contributed by atoms with Gasteiger partial charge >= 0.3 is 6.03 Å². The average Bonchev–Trinajstić information content (AvgIpc) is 3.25. The summed E-state index contributed by atoms with van der Waals surface area (Å²) in [4.78, 5) is 21.4. The number of imidazole rings is 1. The molecule has 1 saturated heterocycles. The largest absolute Gasteiger partial charge is 0.338 e. The maximum atomic E-state index is 12.5. The Bertz CT molecular complexity index is 594. The highest BCUT2D eigenvalue weighted by molar-refractivity contribution is 5.74. The third-order valence-corrected chi connectivity index (χ3v) is 5.20. The first-order valence-electron chi connectivity index (χ1n) is 9.11. The van der Waals surface area contributed by atoms with Crippen LogP contribution in [0.1, 0.15) is 44.5 Å². The number of rotatable bonds is 5. The van der Waals surface area contributed by atoms with Gasteiger partial charge in [0.15, 0.2) is 0 Å². The van der Waals surface area contributed by atoms with Crippen LogP contribution in [0.4, 0.5) is 4.79 Å². The van der Waals surface area contributed by atoms with Gasteiger partial charge in [-0.3, -0.25) is 4.90 Å². The van der Waals surface area contributed by atoms with Crippen LogP contribution in [0.15, 0.2) is 24.0 Å². The number of piperazine rings is 1. The van der Waals surface area contributed by atoms with E-state index in [-0.39, 0.29) is 12.1 Å². The lowest BCUT2D eigenvalue weighted by Crippen LogP contribution is -2.53. The second-order valence-corrected chi connectivity index (χ2v) is 6.72. The maximum absolute atomic E-state index is 12.5. The van der Waals surface area contributed by atoms with Crippen molar-refractivity contribution in [3.05, 3.63) is 29.9 Å². The van der Waals surface area contributed by atoms with Gasteiger partial charge in [-0.2, -0.15) is 0 Å². The van der Waals surface area contributed by atoms with Crippen LogP contribution in [-0.2, 0) is 7.05 Å². The lowest BCUT2D eigenvalue weighted by Gasteiger charge is -2.40. The van der Waals surface area contributed by atoms with Gasteiger partial charge in [0.05, 0.1) is 6.04 Å². The van der Waals surface area contributed by atoms with E-state index in [1.165, 1.54) is 24.8 Å². The lowest BCUT2D eigenvalue weighted by molar-refractivity contribution is 0.0880. The van der Waals surface area contributed by atoms with Gasteiger partial charge < -0.3 is 14.8 Å². The quantitative estimate of drug-likeness (QED) is 0.843. The molecule has 3 rings (SSSR count). The van der Waals surface area contributed by atoms with E-state index < -0.39 is 0 Å². The summed E-state index contributed by atoms with van der Waals surface area (Å²) in [5.74, 6) is 1.03. The van der Waals surface area contributed by atoms with Crippen molar-refractivity contribution >= 4 is 6.03 Å². The molecule has 0 bridgehead atoms. The summed E-state index contributed by atoms with van der Waals surface area (Å²) < 4.78 is 2.06. The zero-order chi connectivity index (χ0) is 16.9. The Kier molecular flexibility index (Phi) is 5.56. The van der Waals surface area contributed by atoms with E-state index in [9.17, 15) is 4.79 Å². The molecule has 0 spiro atoms. The molecule has 24 heavy (non-hydrogen) atoms. The number of aryl methyl sites for hydroxylation is 1. The highest BCUT2D eigenvalue weighted by Crippen LogP contribution is 2.24. The molecule has 0 saturated carbocycles. The zero-order valence-corrected chi connectivity index (χ0v) is 14.9. The van der Waals surface area contributed by atoms with Gasteiger partial charge in [-0.25, -0.2) is 9.78 Å². The van der Waals surface area contributed by atoms with E-state index in [0.29, 0.717) is 6.54 Å². The molecular formula is C18H29N5O. The summed E-state index contributed by atoms with van der Waals surface area (Å²) in [6.07, 6.45) is 10.8. The summed E-state index contributed by atoms with van der Waals surface area (Å²) in [6.45, 7) is 6.26. The fourth-order valence-corrected chi connectivity index (χ4v) is 3.73. The number of hydrogen-bond acceptors (Lipinski definition) is 3. The van der Waals surface area contributed by atoms with Crippen molar-refractivity contribution in [2.45, 2.75) is 38.6 Å². The molecule has 1 aromatic heterocycles. The molecular weight excluding hydrogens is 302 g/mol. The van der Waals surface area contributed by atoms with Crippen LogP contribution in [-0.4, -0.2) is 58.1 Å². The van der Waals surface area contributed by atoms with E-state index in [4.69, 9.17) is 0 Å². The number of allylic oxidation sites excluding steroid dienone is 1. The Hall–Kier alpha value is -1.82. The number of carbonyl (C=O) groups is 1. The maximum Gasteiger partial charge on any atom is 0.317 e. The van der Waals surface area contributed by atoms with Crippen molar-refractivity contribution in [1.29, 1.82) is 0 Å². The van der Waals surface area contributed by atoms with Gasteiger partial charge in [0.25, 0.3) is 0 Å². The first-order valence-corrected chi connectivity index (χ1v) is 9.11. The lowest BCUT2D eigenvalue weighted by atomic mass is 10.1. The van der Waals surface area contributed by atoms with E-state index in [2.05, 4.69) is 32.8 Å². The number of nitrogens with one attached hydrogen (secondary N) is 1. The molecule has 1 fully saturated rings. The summed E-state index contributed by atoms with van der Waals surface area (Å²) in [7, 11) is 2.02. The summed E-state index contributed by atoms with van der Waals surface area (Å²) in [5, 5.41) is 3.09. The van der Waals surface area contributed by atoms with Gasteiger partial charge in [0, 0.05) is 45.6 Å². The van der Waals surface area contributed by atoms with Crippen LogP contribution in [0.5, 0.6) is 0 Å². The fourth-order valence-electron chi connectivity index (χ4n) is 3.73. The van der Waals surface area contributed by atoms with Gasteiger partial charge in [0.1, 0.15) is 5.82 Å². The fraction of sp³-hybridized carbons (Fsp3) is 0.667. The Morgan fingerprint density at radius 3 is 2.96 bits per heavy atom. The number of urea groups is 1. The van der Waals surface area contributed by atoms with Crippen LogP contribution in [0.2, 0.25) is 0 Å². The van der Waals surface area contributed by atoms with Crippen LogP contribution in [0.3, 0.4) is 0 Å². The SMILES string of the molecule is CCN1CCN(C(=O)NCCC2=CCCC2)C[C@H]1c1nccn1C. The van der Waals surface area contributed by atoms with Crippen LogP contribution < -0.4 is 5.32 Å². The topological polar surface area (TPSA) is 53.4 Å². The number of hydrogen-bond donors (Lipinski definition) is 1. The number of nitrogens with zero attached hydrogens (tertiary/aromatic N) is 4. The van der Waals surface area contributed by atoms with Crippen molar-refractivity contribution in [2.24, 2.45) is 7.05 Å². The summed E-state index contributed by atoms with van der Waals surface area (Å²) in [6, 6.07) is 0.232. The third kappa shape index (κ3) is 3.80. The number of aromatic nitrogens is 2. The van der Waals surface area contributed by atoms with Gasteiger partial charge in [0.2, 0.25) is 0 Å². The summed E-state index contributed by atoms with van der Waals surface area (Å²) >= 11 is 0. The van der Waals surface area contributed by atoms with E-state index in [1.54, 1.807) is 0 Å². The minimum atomic E-state index is 0.0589. The molecule has 6 nitrogen and oxygen atoms in total. The van der Waals surface area contributed by atoms with Crippen molar-refractivity contribution in [3.8, 4) is 0 Å². The van der Waals surface area contributed by atoms with Gasteiger partial charge in [-0.05, 0) is 32.2 Å². The summed E-state index contributed by atoms with van der Waals surface area (Å²) in [5.41, 5.74) is 1.50. The van der Waals surface area contributed by atoms with E-state index in [0.717, 1.165) is 38.4 Å². The third-order valence-electron chi connectivity index (χ3n) is 5.20. The van der Waals surface area contributed by atoms with Crippen molar-refractivity contribution < 1.29 is 4.79 Å². The Morgan fingerprint density at radius 2 is 2.29 bits per heavy atom. The molecule has 2 amide bonds. The highest BCUT2D eigenvalue weighted by Gasteiger charge is 2.31. The first kappa shape index (κ1) is 17.0. The minimum absolute atomic E-state index is 0.0589. The molecule has 1 N–H and O–H groups in total. The Balaban J connectivity index is 1.56. The molecule has 1 aliphatic carbocycles. The minimum Gasteiger partial charge on any atom is -0.338 e. The normalized spacial score (nSPS) is 21.8. The van der Waals surface area contributed by atoms with Gasteiger partial charge in [-0.15, -0.1) is 0 Å². The predicted molar refractivity (Wildman–Crippen MR) is 94.7 cm³/mol. The number of likely N-dealkylation sites (N-methyl/N-ethyl adjacent to an activating group) is 1. The molecule has 1 aliphatic heterocycles. The second-order valence-electron chi connectivity index (χ2n) is 6.72. The van der Waals surface area contributed by atoms with Gasteiger partial charge in [-0.1, -0.05) is 18.6 Å². The highest BCUT2D eigenvalue weighted by atomic mass is 16.2. The molecule has 0 aromatic carbocycles. The van der Waals surface area contributed by atoms with Crippen molar-refractivity contribution in [3.63, 3.8) is 0 Å². The van der Waals surface area contributed by atoms with Crippen LogP contribution >= 0.6 is 0 Å².